The standard InChI is InChI=1S/C38H39N7.2ClH/c1-37(2)29-11-7-9-13-33(29)43(5)35(37)21-23-39-26-15-18-28(19-16-26)45-41-31-20-17-27(25-32(31)42-45)40-24-22-36-38(3,4)30-12-8-10-14-34(30)44(36)6;;/h7-25,41-42H,1-6H3;2*1H/b35-21+,36-22+,39-23?,40-24?;;. The van der Waals surface area contributed by atoms with E-state index in [1.807, 2.05) is 35.7 Å². The van der Waals surface area contributed by atoms with Crippen LogP contribution in [-0.4, -0.2) is 26.5 Å². The van der Waals surface area contributed by atoms with Gasteiger partial charge < -0.3 is 9.80 Å². The molecule has 0 unspecified atom stereocenters. The molecule has 0 aromatic heterocycles. The lowest BCUT2D eigenvalue weighted by Crippen LogP contribution is -2.29. The second kappa shape index (κ2) is 12.8. The molecule has 242 valence electrons. The van der Waals surface area contributed by atoms with Gasteiger partial charge in [0.25, 0.3) is 0 Å². The minimum absolute atomic E-state index is 0. The van der Waals surface area contributed by atoms with Gasteiger partial charge in [0.2, 0.25) is 0 Å². The Morgan fingerprint density at radius 1 is 0.574 bits per heavy atom. The fraction of sp³-hybridized carbons (Fsp3) is 0.211. The average molecular weight is 667 g/mol. The molecule has 3 aliphatic heterocycles. The van der Waals surface area contributed by atoms with E-state index >= 15 is 0 Å². The van der Waals surface area contributed by atoms with E-state index in [1.54, 1.807) is 0 Å². The Kier molecular flexibility index (Phi) is 9.18. The number of aliphatic imine (C=N–C) groups is 2. The first-order valence-electron chi connectivity index (χ1n) is 15.4. The quantitative estimate of drug-likeness (QED) is 0.208. The molecule has 3 aliphatic rings. The maximum atomic E-state index is 4.76. The first-order valence-corrected chi connectivity index (χ1v) is 15.4. The van der Waals surface area contributed by atoms with Crippen LogP contribution in [0.1, 0.15) is 38.8 Å². The number of anilines is 5. The Balaban J connectivity index is 0.00000217. The molecule has 0 fully saturated rings. The van der Waals surface area contributed by atoms with Crippen molar-refractivity contribution < 1.29 is 0 Å². The molecule has 47 heavy (non-hydrogen) atoms. The van der Waals surface area contributed by atoms with Gasteiger partial charge in [0.1, 0.15) is 0 Å². The van der Waals surface area contributed by atoms with Crippen LogP contribution in [0.25, 0.3) is 0 Å². The fourth-order valence-corrected chi connectivity index (χ4v) is 6.88. The van der Waals surface area contributed by atoms with Gasteiger partial charge in [-0.15, -0.1) is 24.8 Å². The smallest absolute Gasteiger partial charge is 0.0832 e. The molecule has 0 amide bonds. The number of para-hydroxylation sites is 2. The van der Waals surface area contributed by atoms with Crippen molar-refractivity contribution in [2.75, 3.05) is 39.9 Å². The van der Waals surface area contributed by atoms with Crippen molar-refractivity contribution in [3.63, 3.8) is 0 Å². The number of fused-ring (bicyclic) bond motifs is 3. The monoisotopic (exact) mass is 665 g/mol. The van der Waals surface area contributed by atoms with Crippen LogP contribution >= 0.6 is 24.8 Å². The fourth-order valence-electron chi connectivity index (χ4n) is 6.88. The van der Waals surface area contributed by atoms with Gasteiger partial charge in [0.15, 0.2) is 0 Å². The van der Waals surface area contributed by atoms with E-state index in [4.69, 9.17) is 9.98 Å². The lowest BCUT2D eigenvalue weighted by molar-refractivity contribution is 0.641. The summed E-state index contributed by atoms with van der Waals surface area (Å²) in [6.45, 7) is 9.06. The van der Waals surface area contributed by atoms with Crippen molar-refractivity contribution in [3.8, 4) is 0 Å². The van der Waals surface area contributed by atoms with E-state index in [9.17, 15) is 0 Å². The van der Waals surface area contributed by atoms with E-state index in [1.165, 1.54) is 33.9 Å². The maximum Gasteiger partial charge on any atom is 0.0832 e. The summed E-state index contributed by atoms with van der Waals surface area (Å²) < 4.78 is 0. The lowest BCUT2D eigenvalue weighted by Gasteiger charge is -2.23. The molecule has 7 rings (SSSR count). The molecular formula is C38H41Cl2N7. The Bertz CT molecular complexity index is 1910. The molecular weight excluding hydrogens is 625 g/mol. The zero-order valence-corrected chi connectivity index (χ0v) is 29.2. The van der Waals surface area contributed by atoms with Crippen molar-refractivity contribution in [1.29, 1.82) is 0 Å². The molecule has 0 spiro atoms. The van der Waals surface area contributed by atoms with E-state index < -0.39 is 0 Å². The summed E-state index contributed by atoms with van der Waals surface area (Å²) in [6, 6.07) is 31.5. The summed E-state index contributed by atoms with van der Waals surface area (Å²) >= 11 is 0. The molecule has 9 heteroatoms. The average Bonchev–Trinajstić information content (AvgIpc) is 3.61. The number of hydrogen-bond donors (Lipinski definition) is 2. The number of benzene rings is 4. The number of nitrogens with one attached hydrogen (secondary N) is 2. The zero-order valence-electron chi connectivity index (χ0n) is 27.5. The van der Waals surface area contributed by atoms with Crippen LogP contribution in [0.2, 0.25) is 0 Å². The normalized spacial score (nSPS) is 18.6. The molecule has 4 aromatic carbocycles. The summed E-state index contributed by atoms with van der Waals surface area (Å²) in [6.07, 6.45) is 8.05. The Labute approximate surface area is 290 Å². The van der Waals surface area contributed by atoms with Gasteiger partial charge in [0, 0.05) is 60.1 Å². The summed E-state index contributed by atoms with van der Waals surface area (Å²) in [5.41, 5.74) is 19.1. The lowest BCUT2D eigenvalue weighted by atomic mass is 9.84. The number of rotatable bonds is 5. The predicted molar refractivity (Wildman–Crippen MR) is 205 cm³/mol. The topological polar surface area (TPSA) is 58.5 Å². The van der Waals surface area contributed by atoms with Crippen LogP contribution in [0.15, 0.2) is 125 Å². The van der Waals surface area contributed by atoms with E-state index in [-0.39, 0.29) is 35.6 Å². The van der Waals surface area contributed by atoms with Crippen molar-refractivity contribution in [3.05, 3.63) is 126 Å². The highest BCUT2D eigenvalue weighted by atomic mass is 35.5. The minimum Gasteiger partial charge on any atom is -0.347 e. The van der Waals surface area contributed by atoms with Gasteiger partial charge in [-0.25, -0.2) is 0 Å². The molecule has 2 N–H and O–H groups in total. The summed E-state index contributed by atoms with van der Waals surface area (Å²) in [4.78, 5) is 14.0. The van der Waals surface area contributed by atoms with Crippen LogP contribution in [-0.2, 0) is 10.8 Å². The number of likely N-dealkylation sites (N-methyl/N-ethyl adjacent to an activating group) is 2. The molecule has 0 aliphatic carbocycles. The number of halogens is 2. The van der Waals surface area contributed by atoms with Gasteiger partial charge in [-0.05, 0) is 77.9 Å². The Morgan fingerprint density at radius 2 is 1.04 bits per heavy atom. The summed E-state index contributed by atoms with van der Waals surface area (Å²) in [5, 5.41) is 1.91. The van der Waals surface area contributed by atoms with E-state index in [0.717, 1.165) is 28.4 Å². The van der Waals surface area contributed by atoms with E-state index in [2.05, 4.69) is 147 Å². The number of allylic oxidation sites excluding steroid dienone is 4. The zero-order chi connectivity index (χ0) is 31.3. The molecule has 0 saturated carbocycles. The molecule has 3 heterocycles. The highest BCUT2D eigenvalue weighted by Crippen LogP contribution is 2.47. The minimum atomic E-state index is -0.0739. The highest BCUT2D eigenvalue weighted by Gasteiger charge is 2.38. The van der Waals surface area contributed by atoms with Gasteiger partial charge in [0.05, 0.1) is 28.4 Å². The molecule has 0 radical (unpaired) electrons. The van der Waals surface area contributed by atoms with E-state index in [0.29, 0.717) is 0 Å². The second-order valence-corrected chi connectivity index (χ2v) is 12.9. The summed E-state index contributed by atoms with van der Waals surface area (Å²) in [7, 11) is 4.25. The number of hydrogen-bond acceptors (Lipinski definition) is 7. The Morgan fingerprint density at radius 3 is 1.57 bits per heavy atom. The molecule has 7 nitrogen and oxygen atoms in total. The van der Waals surface area contributed by atoms with Crippen LogP contribution in [0.5, 0.6) is 0 Å². The van der Waals surface area contributed by atoms with Crippen LogP contribution < -0.4 is 25.8 Å². The van der Waals surface area contributed by atoms with Crippen molar-refractivity contribution in [1.82, 2.24) is 0 Å². The van der Waals surface area contributed by atoms with Crippen molar-refractivity contribution >= 4 is 77.1 Å². The van der Waals surface area contributed by atoms with Gasteiger partial charge in [-0.2, -0.15) is 5.12 Å². The third-order valence-electron chi connectivity index (χ3n) is 9.37. The van der Waals surface area contributed by atoms with Gasteiger partial charge in [-0.3, -0.25) is 20.8 Å². The predicted octanol–water partition coefficient (Wildman–Crippen LogP) is 9.73. The van der Waals surface area contributed by atoms with Gasteiger partial charge >= 0.3 is 0 Å². The second-order valence-electron chi connectivity index (χ2n) is 12.9. The third-order valence-corrected chi connectivity index (χ3v) is 9.37. The largest absolute Gasteiger partial charge is 0.347 e. The summed E-state index contributed by atoms with van der Waals surface area (Å²) in [5.74, 6) is 0. The molecule has 0 bridgehead atoms. The number of hydrazine groups is 2. The van der Waals surface area contributed by atoms with Gasteiger partial charge in [-0.1, -0.05) is 64.1 Å². The molecule has 4 aromatic rings. The van der Waals surface area contributed by atoms with Crippen LogP contribution in [0, 0.1) is 0 Å². The van der Waals surface area contributed by atoms with Crippen LogP contribution in [0.4, 0.5) is 39.8 Å². The first-order chi connectivity index (χ1) is 21.6. The third kappa shape index (κ3) is 5.86. The highest BCUT2D eigenvalue weighted by molar-refractivity contribution is 5.86. The SMILES string of the molecule is CN1/C(=C/C=Nc2ccc(N3Nc4ccc(N=C/C=C5/N(C)c6ccccc6C5(C)C)cc4N3)cc2)C(C)(C)c2ccccc21.Cl.Cl. The molecule has 0 saturated heterocycles. The first kappa shape index (κ1) is 33.6. The van der Waals surface area contributed by atoms with Crippen molar-refractivity contribution in [2.45, 2.75) is 38.5 Å². The molecule has 0 atom stereocenters. The Hall–Kier alpha value is -4.72. The van der Waals surface area contributed by atoms with Crippen LogP contribution in [0.3, 0.4) is 0 Å². The maximum absolute atomic E-state index is 4.76. The van der Waals surface area contributed by atoms with Crippen molar-refractivity contribution in [2.24, 2.45) is 9.98 Å². The number of nitrogens with zero attached hydrogens (tertiary/aromatic N) is 5.